The molecule has 0 amide bonds. The number of aromatic nitrogens is 2. The molecule has 0 aromatic carbocycles. The summed E-state index contributed by atoms with van der Waals surface area (Å²) in [4.78, 5) is 15.1. The fourth-order valence-electron chi connectivity index (χ4n) is 2.15. The van der Waals surface area contributed by atoms with Crippen LogP contribution in [-0.4, -0.2) is 63.3 Å². The smallest absolute Gasteiger partial charge is 0.320 e. The van der Waals surface area contributed by atoms with E-state index in [1.165, 1.54) is 0 Å². The third-order valence-corrected chi connectivity index (χ3v) is 3.48. The van der Waals surface area contributed by atoms with Crippen LogP contribution < -0.4 is 0 Å². The van der Waals surface area contributed by atoms with Crippen molar-refractivity contribution >= 4 is 5.97 Å². The number of hydrogen-bond donors (Lipinski definition) is 1. The standard InChI is InChI=1S/C12H20N4O3/c1-3-10-13-14-11(19-10)8-15-4-6-16(7-5-15)9(2)12(17)18/h9H,3-8H2,1-2H3,(H,17,18). The summed E-state index contributed by atoms with van der Waals surface area (Å²) in [5.41, 5.74) is 0. The lowest BCUT2D eigenvalue weighted by molar-refractivity contribution is -0.143. The van der Waals surface area contributed by atoms with E-state index in [4.69, 9.17) is 9.52 Å². The first-order valence-electron chi connectivity index (χ1n) is 6.60. The first-order chi connectivity index (χ1) is 9.10. The molecule has 1 fully saturated rings. The minimum Gasteiger partial charge on any atom is -0.480 e. The Hall–Kier alpha value is -1.47. The summed E-state index contributed by atoms with van der Waals surface area (Å²) in [6, 6.07) is -0.419. The molecular formula is C12H20N4O3. The van der Waals surface area contributed by atoms with Crippen LogP contribution in [0, 0.1) is 0 Å². The maximum Gasteiger partial charge on any atom is 0.320 e. The lowest BCUT2D eigenvalue weighted by atomic mass is 10.2. The Morgan fingerprint density at radius 3 is 2.47 bits per heavy atom. The van der Waals surface area contributed by atoms with Gasteiger partial charge in [-0.3, -0.25) is 14.6 Å². The molecule has 2 rings (SSSR count). The largest absolute Gasteiger partial charge is 0.480 e. The first-order valence-corrected chi connectivity index (χ1v) is 6.60. The number of aliphatic carboxylic acids is 1. The SMILES string of the molecule is CCc1nnc(CN2CCN(C(C)C(=O)O)CC2)o1. The minimum atomic E-state index is -0.766. The number of carbonyl (C=O) groups is 1. The van der Waals surface area contributed by atoms with Crippen molar-refractivity contribution in [3.63, 3.8) is 0 Å². The lowest BCUT2D eigenvalue weighted by Gasteiger charge is -2.35. The molecule has 7 nitrogen and oxygen atoms in total. The monoisotopic (exact) mass is 268 g/mol. The van der Waals surface area contributed by atoms with E-state index in [9.17, 15) is 4.79 Å². The number of nitrogens with zero attached hydrogens (tertiary/aromatic N) is 4. The molecular weight excluding hydrogens is 248 g/mol. The molecule has 0 bridgehead atoms. The average Bonchev–Trinajstić information content (AvgIpc) is 2.86. The normalized spacial score (nSPS) is 19.5. The summed E-state index contributed by atoms with van der Waals surface area (Å²) >= 11 is 0. The average molecular weight is 268 g/mol. The van der Waals surface area contributed by atoms with Gasteiger partial charge in [0.25, 0.3) is 0 Å². The summed E-state index contributed by atoms with van der Waals surface area (Å²) in [6.45, 7) is 7.49. The molecule has 1 aromatic rings. The summed E-state index contributed by atoms with van der Waals surface area (Å²) in [5, 5.41) is 16.9. The maximum atomic E-state index is 10.9. The molecule has 19 heavy (non-hydrogen) atoms. The first kappa shape index (κ1) is 14.0. The molecule has 1 aliphatic heterocycles. The highest BCUT2D eigenvalue weighted by atomic mass is 16.4. The lowest BCUT2D eigenvalue weighted by Crippen LogP contribution is -2.51. The Kier molecular flexibility index (Phi) is 4.49. The fraction of sp³-hybridized carbons (Fsp3) is 0.750. The van der Waals surface area contributed by atoms with E-state index in [1.54, 1.807) is 6.92 Å². The van der Waals surface area contributed by atoms with Gasteiger partial charge < -0.3 is 9.52 Å². The van der Waals surface area contributed by atoms with Crippen molar-refractivity contribution in [2.45, 2.75) is 32.9 Å². The molecule has 2 heterocycles. The molecule has 1 aromatic heterocycles. The quantitative estimate of drug-likeness (QED) is 0.818. The van der Waals surface area contributed by atoms with Crippen LogP contribution in [0.15, 0.2) is 4.42 Å². The van der Waals surface area contributed by atoms with Crippen LogP contribution in [0.4, 0.5) is 0 Å². The highest BCUT2D eigenvalue weighted by Crippen LogP contribution is 2.10. The molecule has 1 saturated heterocycles. The zero-order valence-electron chi connectivity index (χ0n) is 11.4. The van der Waals surface area contributed by atoms with E-state index < -0.39 is 12.0 Å². The van der Waals surface area contributed by atoms with Gasteiger partial charge in [0.1, 0.15) is 6.04 Å². The van der Waals surface area contributed by atoms with Crippen LogP contribution in [0.1, 0.15) is 25.6 Å². The van der Waals surface area contributed by atoms with Crippen LogP contribution in [-0.2, 0) is 17.8 Å². The summed E-state index contributed by atoms with van der Waals surface area (Å²) < 4.78 is 5.48. The van der Waals surface area contributed by atoms with Crippen molar-refractivity contribution < 1.29 is 14.3 Å². The van der Waals surface area contributed by atoms with Crippen LogP contribution in [0.5, 0.6) is 0 Å². The molecule has 1 N–H and O–H groups in total. The number of carboxylic acid groups (broad SMARTS) is 1. The van der Waals surface area contributed by atoms with Gasteiger partial charge in [-0.1, -0.05) is 6.92 Å². The number of hydrogen-bond acceptors (Lipinski definition) is 6. The van der Waals surface area contributed by atoms with Gasteiger partial charge in [-0.2, -0.15) is 0 Å². The molecule has 0 aliphatic carbocycles. The number of piperazine rings is 1. The Morgan fingerprint density at radius 1 is 1.32 bits per heavy atom. The summed E-state index contributed by atoms with van der Waals surface area (Å²) in [5.74, 6) is 0.530. The van der Waals surface area contributed by atoms with Crippen molar-refractivity contribution in [1.82, 2.24) is 20.0 Å². The van der Waals surface area contributed by atoms with E-state index in [-0.39, 0.29) is 0 Å². The van der Waals surface area contributed by atoms with Crippen molar-refractivity contribution in [3.05, 3.63) is 11.8 Å². The van der Waals surface area contributed by atoms with Crippen molar-refractivity contribution in [3.8, 4) is 0 Å². The number of rotatable bonds is 5. The predicted octanol–water partition coefficient (Wildman–Crippen LogP) is 0.223. The van der Waals surface area contributed by atoms with Crippen molar-refractivity contribution in [1.29, 1.82) is 0 Å². The van der Waals surface area contributed by atoms with E-state index in [0.29, 0.717) is 18.3 Å². The molecule has 106 valence electrons. The highest BCUT2D eigenvalue weighted by Gasteiger charge is 2.25. The fourth-order valence-corrected chi connectivity index (χ4v) is 2.15. The van der Waals surface area contributed by atoms with E-state index in [0.717, 1.165) is 32.6 Å². The van der Waals surface area contributed by atoms with Gasteiger partial charge in [-0.25, -0.2) is 0 Å². The molecule has 1 unspecified atom stereocenters. The minimum absolute atomic E-state index is 0.419. The maximum absolute atomic E-state index is 10.9. The van der Waals surface area contributed by atoms with Gasteiger partial charge in [-0.05, 0) is 6.92 Å². The van der Waals surface area contributed by atoms with Gasteiger partial charge >= 0.3 is 5.97 Å². The molecule has 0 saturated carbocycles. The number of carboxylic acids is 1. The second kappa shape index (κ2) is 6.12. The molecule has 1 aliphatic rings. The van der Waals surface area contributed by atoms with Gasteiger partial charge in [0.05, 0.1) is 6.54 Å². The van der Waals surface area contributed by atoms with Crippen LogP contribution in [0.25, 0.3) is 0 Å². The number of aryl methyl sites for hydroxylation is 1. The Bertz CT molecular complexity index is 426. The Morgan fingerprint density at radius 2 is 1.95 bits per heavy atom. The van der Waals surface area contributed by atoms with Crippen molar-refractivity contribution in [2.24, 2.45) is 0 Å². The van der Waals surface area contributed by atoms with Crippen LogP contribution >= 0.6 is 0 Å². The predicted molar refractivity (Wildman–Crippen MR) is 67.6 cm³/mol. The summed E-state index contributed by atoms with van der Waals surface area (Å²) in [7, 11) is 0. The van der Waals surface area contributed by atoms with E-state index in [2.05, 4.69) is 15.1 Å². The van der Waals surface area contributed by atoms with E-state index >= 15 is 0 Å². The Labute approximate surface area is 112 Å². The van der Waals surface area contributed by atoms with Gasteiger partial charge in [0, 0.05) is 32.6 Å². The Balaban J connectivity index is 1.81. The zero-order chi connectivity index (χ0) is 13.8. The molecule has 1 atom stereocenters. The van der Waals surface area contributed by atoms with Gasteiger partial charge in [0.2, 0.25) is 11.8 Å². The third kappa shape index (κ3) is 3.51. The molecule has 0 radical (unpaired) electrons. The third-order valence-electron chi connectivity index (χ3n) is 3.48. The molecule has 0 spiro atoms. The second-order valence-corrected chi connectivity index (χ2v) is 4.77. The van der Waals surface area contributed by atoms with Crippen molar-refractivity contribution in [2.75, 3.05) is 26.2 Å². The zero-order valence-corrected chi connectivity index (χ0v) is 11.4. The molecule has 7 heteroatoms. The van der Waals surface area contributed by atoms with Gasteiger partial charge in [0.15, 0.2) is 0 Å². The topological polar surface area (TPSA) is 82.7 Å². The highest BCUT2D eigenvalue weighted by molar-refractivity contribution is 5.72. The summed E-state index contributed by atoms with van der Waals surface area (Å²) in [6.07, 6.45) is 0.747. The van der Waals surface area contributed by atoms with E-state index in [1.807, 2.05) is 11.8 Å². The van der Waals surface area contributed by atoms with Crippen LogP contribution in [0.3, 0.4) is 0 Å². The van der Waals surface area contributed by atoms with Crippen LogP contribution in [0.2, 0.25) is 0 Å². The van der Waals surface area contributed by atoms with Gasteiger partial charge in [-0.15, -0.1) is 10.2 Å². The second-order valence-electron chi connectivity index (χ2n) is 4.77.